The van der Waals surface area contributed by atoms with Gasteiger partial charge in [-0.3, -0.25) is 9.59 Å². The van der Waals surface area contributed by atoms with Gasteiger partial charge < -0.3 is 14.5 Å². The molecule has 0 aliphatic rings. The maximum absolute atomic E-state index is 13.3. The van der Waals surface area contributed by atoms with Crippen molar-refractivity contribution in [2.75, 3.05) is 11.9 Å². The molecule has 2 aromatic carbocycles. The Kier molecular flexibility index (Phi) is 5.85. The number of nitrogens with one attached hydrogen (secondary N) is 1. The lowest BCUT2D eigenvalue weighted by atomic mass is 10.0. The van der Waals surface area contributed by atoms with Gasteiger partial charge in [0.25, 0.3) is 11.7 Å². The van der Waals surface area contributed by atoms with Crippen molar-refractivity contribution >= 4 is 22.9 Å². The highest BCUT2D eigenvalue weighted by molar-refractivity contribution is 6.47. The SMILES string of the molecule is CCOc1ccc(-c2cc3ccccn3c2C(=O)C(=O)Nc2ccc(CC)cc2)cc1. The molecule has 31 heavy (non-hydrogen) atoms. The van der Waals surface area contributed by atoms with Crippen LogP contribution < -0.4 is 10.1 Å². The first kappa shape index (κ1) is 20.4. The lowest BCUT2D eigenvalue weighted by molar-refractivity contribution is -0.112. The molecule has 0 aliphatic carbocycles. The van der Waals surface area contributed by atoms with Crippen molar-refractivity contribution in [3.63, 3.8) is 0 Å². The molecule has 0 fully saturated rings. The van der Waals surface area contributed by atoms with E-state index < -0.39 is 11.7 Å². The van der Waals surface area contributed by atoms with Crippen molar-refractivity contribution in [1.82, 2.24) is 4.40 Å². The van der Waals surface area contributed by atoms with E-state index in [2.05, 4.69) is 12.2 Å². The molecule has 0 saturated heterocycles. The van der Waals surface area contributed by atoms with Gasteiger partial charge in [0.2, 0.25) is 0 Å². The minimum absolute atomic E-state index is 0.336. The number of nitrogens with zero attached hydrogens (tertiary/aromatic N) is 1. The fraction of sp³-hybridized carbons (Fsp3) is 0.154. The Morgan fingerprint density at radius 3 is 2.35 bits per heavy atom. The number of amides is 1. The van der Waals surface area contributed by atoms with Crippen LogP contribution in [0.4, 0.5) is 5.69 Å². The van der Waals surface area contributed by atoms with Crippen molar-refractivity contribution < 1.29 is 14.3 Å². The highest BCUT2D eigenvalue weighted by Crippen LogP contribution is 2.30. The first-order chi connectivity index (χ1) is 15.1. The van der Waals surface area contributed by atoms with Crippen LogP contribution in [0.2, 0.25) is 0 Å². The van der Waals surface area contributed by atoms with Crippen LogP contribution in [0.5, 0.6) is 5.75 Å². The highest BCUT2D eigenvalue weighted by Gasteiger charge is 2.24. The Morgan fingerprint density at radius 2 is 1.68 bits per heavy atom. The number of carbonyl (C=O) groups is 2. The van der Waals surface area contributed by atoms with Gasteiger partial charge >= 0.3 is 0 Å². The summed E-state index contributed by atoms with van der Waals surface area (Å²) in [5.74, 6) is -0.494. The number of hydrogen-bond acceptors (Lipinski definition) is 3. The molecule has 156 valence electrons. The summed E-state index contributed by atoms with van der Waals surface area (Å²) in [7, 11) is 0. The number of fused-ring (bicyclic) bond motifs is 1. The number of carbonyl (C=O) groups excluding carboxylic acids is 2. The normalized spacial score (nSPS) is 10.8. The average Bonchev–Trinajstić information content (AvgIpc) is 3.19. The molecule has 0 saturated carbocycles. The fourth-order valence-corrected chi connectivity index (χ4v) is 3.59. The van der Waals surface area contributed by atoms with E-state index in [-0.39, 0.29) is 0 Å². The third kappa shape index (κ3) is 4.21. The zero-order valence-electron chi connectivity index (χ0n) is 17.6. The smallest absolute Gasteiger partial charge is 0.298 e. The second-order valence-electron chi connectivity index (χ2n) is 7.19. The van der Waals surface area contributed by atoms with E-state index in [0.717, 1.165) is 23.3 Å². The number of aromatic nitrogens is 1. The monoisotopic (exact) mass is 412 g/mol. The van der Waals surface area contributed by atoms with E-state index in [1.165, 1.54) is 5.56 Å². The van der Waals surface area contributed by atoms with E-state index in [0.29, 0.717) is 23.6 Å². The van der Waals surface area contributed by atoms with Gasteiger partial charge in [0.05, 0.1) is 6.61 Å². The summed E-state index contributed by atoms with van der Waals surface area (Å²) in [5.41, 5.74) is 4.49. The molecule has 0 radical (unpaired) electrons. The summed E-state index contributed by atoms with van der Waals surface area (Å²) >= 11 is 0. The Labute approximate surface area is 181 Å². The largest absolute Gasteiger partial charge is 0.494 e. The molecule has 0 spiro atoms. The van der Waals surface area contributed by atoms with E-state index in [1.807, 2.05) is 79.7 Å². The van der Waals surface area contributed by atoms with Crippen LogP contribution >= 0.6 is 0 Å². The summed E-state index contributed by atoms with van der Waals surface area (Å²) < 4.78 is 7.28. The molecule has 1 N–H and O–H groups in total. The first-order valence-corrected chi connectivity index (χ1v) is 10.4. The number of benzene rings is 2. The van der Waals surface area contributed by atoms with Crippen LogP contribution in [0.25, 0.3) is 16.6 Å². The standard InChI is InChI=1S/C26H24N2O3/c1-3-18-8-12-20(13-9-18)27-26(30)25(29)24-23(17-21-7-5-6-16-28(21)24)19-10-14-22(15-11-19)31-4-2/h5-17H,3-4H2,1-2H3,(H,27,30). The zero-order valence-corrected chi connectivity index (χ0v) is 17.6. The maximum atomic E-state index is 13.3. The summed E-state index contributed by atoms with van der Waals surface area (Å²) in [5, 5.41) is 2.73. The van der Waals surface area contributed by atoms with Gasteiger partial charge in [0.15, 0.2) is 0 Å². The van der Waals surface area contributed by atoms with Gasteiger partial charge in [-0.2, -0.15) is 0 Å². The summed E-state index contributed by atoms with van der Waals surface area (Å²) in [4.78, 5) is 26.1. The second kappa shape index (κ2) is 8.88. The van der Waals surface area contributed by atoms with Crippen LogP contribution in [0.15, 0.2) is 79.0 Å². The second-order valence-corrected chi connectivity index (χ2v) is 7.19. The molecule has 0 atom stereocenters. The Morgan fingerprint density at radius 1 is 0.935 bits per heavy atom. The third-order valence-corrected chi connectivity index (χ3v) is 5.20. The molecule has 5 nitrogen and oxygen atoms in total. The van der Waals surface area contributed by atoms with Crippen molar-refractivity contribution in [2.45, 2.75) is 20.3 Å². The van der Waals surface area contributed by atoms with Crippen molar-refractivity contribution in [3.8, 4) is 16.9 Å². The minimum Gasteiger partial charge on any atom is -0.494 e. The predicted molar refractivity (Wildman–Crippen MR) is 123 cm³/mol. The van der Waals surface area contributed by atoms with Crippen LogP contribution in [-0.4, -0.2) is 22.7 Å². The van der Waals surface area contributed by atoms with Crippen molar-refractivity contribution in [3.05, 3.63) is 90.3 Å². The van der Waals surface area contributed by atoms with Gasteiger partial charge in [-0.15, -0.1) is 0 Å². The molecular weight excluding hydrogens is 388 g/mol. The van der Waals surface area contributed by atoms with Gasteiger partial charge in [0.1, 0.15) is 11.4 Å². The number of anilines is 1. The molecule has 4 aromatic rings. The van der Waals surface area contributed by atoms with E-state index in [9.17, 15) is 9.59 Å². The van der Waals surface area contributed by atoms with Crippen LogP contribution in [0.1, 0.15) is 29.9 Å². The Balaban J connectivity index is 1.70. The van der Waals surface area contributed by atoms with E-state index >= 15 is 0 Å². The number of Topliss-reactive ketones (excluding diaryl/α,β-unsaturated/α-hetero) is 1. The number of aryl methyl sites for hydroxylation is 1. The number of ketones is 1. The van der Waals surface area contributed by atoms with Crippen LogP contribution in [-0.2, 0) is 11.2 Å². The molecule has 2 heterocycles. The molecule has 2 aromatic heterocycles. The van der Waals surface area contributed by atoms with E-state index in [4.69, 9.17) is 4.74 Å². The molecule has 0 unspecified atom stereocenters. The Bertz CT molecular complexity index is 1220. The lowest BCUT2D eigenvalue weighted by Gasteiger charge is -2.09. The summed E-state index contributed by atoms with van der Waals surface area (Å²) in [6.45, 7) is 4.58. The molecule has 0 aliphatic heterocycles. The van der Waals surface area contributed by atoms with Gasteiger partial charge in [-0.25, -0.2) is 0 Å². The van der Waals surface area contributed by atoms with Crippen molar-refractivity contribution in [2.24, 2.45) is 0 Å². The van der Waals surface area contributed by atoms with Crippen LogP contribution in [0.3, 0.4) is 0 Å². The molecule has 1 amide bonds. The molecular formula is C26H24N2O3. The number of rotatable bonds is 7. The average molecular weight is 412 g/mol. The van der Waals surface area contributed by atoms with Crippen LogP contribution in [0, 0.1) is 0 Å². The third-order valence-electron chi connectivity index (χ3n) is 5.20. The predicted octanol–water partition coefficient (Wildman–Crippen LogP) is 5.39. The zero-order chi connectivity index (χ0) is 21.8. The Hall–Kier alpha value is -3.86. The maximum Gasteiger partial charge on any atom is 0.298 e. The van der Waals surface area contributed by atoms with E-state index in [1.54, 1.807) is 10.6 Å². The van der Waals surface area contributed by atoms with Gasteiger partial charge in [-0.05, 0) is 66.9 Å². The first-order valence-electron chi connectivity index (χ1n) is 10.4. The highest BCUT2D eigenvalue weighted by atomic mass is 16.5. The fourth-order valence-electron chi connectivity index (χ4n) is 3.59. The lowest BCUT2D eigenvalue weighted by Crippen LogP contribution is -2.24. The quantitative estimate of drug-likeness (QED) is 0.327. The minimum atomic E-state index is -0.666. The summed E-state index contributed by atoms with van der Waals surface area (Å²) in [6, 6.07) is 22.6. The van der Waals surface area contributed by atoms with Crippen molar-refractivity contribution in [1.29, 1.82) is 0 Å². The number of pyridine rings is 1. The summed E-state index contributed by atoms with van der Waals surface area (Å²) in [6.07, 6.45) is 2.71. The van der Waals surface area contributed by atoms with Gasteiger partial charge in [-0.1, -0.05) is 37.3 Å². The topological polar surface area (TPSA) is 59.8 Å². The molecule has 4 rings (SSSR count). The van der Waals surface area contributed by atoms with Gasteiger partial charge in [0, 0.05) is 23.0 Å². The number of ether oxygens (including phenoxy) is 1. The number of hydrogen-bond donors (Lipinski definition) is 1. The molecule has 0 bridgehead atoms. The molecule has 5 heteroatoms.